The number of carbonyl (C=O) groups excluding carboxylic acids is 1. The van der Waals surface area contributed by atoms with Crippen molar-refractivity contribution in [1.29, 1.82) is 0 Å². The number of likely N-dealkylation sites (tertiary alicyclic amines) is 2. The molecule has 0 radical (unpaired) electrons. The molecule has 2 saturated heterocycles. The van der Waals surface area contributed by atoms with Gasteiger partial charge in [0, 0.05) is 19.6 Å². The zero-order chi connectivity index (χ0) is 16.7. The average molecular weight is 346 g/mol. The summed E-state index contributed by atoms with van der Waals surface area (Å²) in [5.74, 6) is 1.59. The van der Waals surface area contributed by atoms with Crippen molar-refractivity contribution in [2.24, 2.45) is 5.41 Å². The fourth-order valence-electron chi connectivity index (χ4n) is 4.10. The van der Waals surface area contributed by atoms with Crippen LogP contribution in [0.5, 0.6) is 0 Å². The van der Waals surface area contributed by atoms with Crippen LogP contribution in [0.15, 0.2) is 22.0 Å². The van der Waals surface area contributed by atoms with Crippen LogP contribution in [0, 0.1) is 12.3 Å². The Morgan fingerprint density at radius 3 is 2.83 bits per heavy atom. The van der Waals surface area contributed by atoms with Crippen molar-refractivity contribution in [1.82, 2.24) is 19.9 Å². The van der Waals surface area contributed by atoms with Crippen molar-refractivity contribution in [2.45, 2.75) is 32.2 Å². The van der Waals surface area contributed by atoms with E-state index < -0.39 is 0 Å². The second kappa shape index (κ2) is 5.97. The summed E-state index contributed by atoms with van der Waals surface area (Å²) in [6.07, 6.45) is 3.11. The summed E-state index contributed by atoms with van der Waals surface area (Å²) >= 11 is 1.52. The zero-order valence-corrected chi connectivity index (χ0v) is 14.9. The Balaban J connectivity index is 1.43. The van der Waals surface area contributed by atoms with Crippen molar-refractivity contribution >= 4 is 17.2 Å². The third-order valence-corrected chi connectivity index (χ3v) is 6.27. The van der Waals surface area contributed by atoms with Gasteiger partial charge in [0.2, 0.25) is 5.89 Å². The molecule has 1 spiro atoms. The van der Waals surface area contributed by atoms with Gasteiger partial charge in [0.15, 0.2) is 5.82 Å². The van der Waals surface area contributed by atoms with E-state index >= 15 is 0 Å². The van der Waals surface area contributed by atoms with Crippen LogP contribution in [0.25, 0.3) is 0 Å². The molecule has 0 aliphatic carbocycles. The predicted molar refractivity (Wildman–Crippen MR) is 90.9 cm³/mol. The maximum absolute atomic E-state index is 12.5. The number of piperidine rings is 1. The number of hydrogen-bond acceptors (Lipinski definition) is 6. The monoisotopic (exact) mass is 346 g/mol. The standard InChI is InChI=1S/C17H22N4O2S/c1-12-18-15(23-19-12)13-10-17(11-20(13)2)5-7-21(8-6-17)16(22)14-4-3-9-24-14/h3-4,9,13H,5-8,10-11H2,1-2H3. The van der Waals surface area contributed by atoms with Crippen molar-refractivity contribution in [3.8, 4) is 0 Å². The molecule has 128 valence electrons. The van der Waals surface area contributed by atoms with Crippen LogP contribution in [-0.2, 0) is 0 Å². The van der Waals surface area contributed by atoms with Gasteiger partial charge < -0.3 is 9.42 Å². The summed E-state index contributed by atoms with van der Waals surface area (Å²) in [6, 6.07) is 4.05. The van der Waals surface area contributed by atoms with Gasteiger partial charge in [0.05, 0.1) is 10.9 Å². The molecule has 1 amide bonds. The van der Waals surface area contributed by atoms with Gasteiger partial charge in [-0.05, 0) is 50.1 Å². The van der Waals surface area contributed by atoms with E-state index in [0.29, 0.717) is 5.82 Å². The first kappa shape index (κ1) is 15.8. The zero-order valence-electron chi connectivity index (χ0n) is 14.1. The maximum Gasteiger partial charge on any atom is 0.263 e. The minimum Gasteiger partial charge on any atom is -0.338 e. The molecular weight excluding hydrogens is 324 g/mol. The number of thiophene rings is 1. The Kier molecular flexibility index (Phi) is 3.92. The summed E-state index contributed by atoms with van der Waals surface area (Å²) in [6.45, 7) is 4.55. The van der Waals surface area contributed by atoms with Gasteiger partial charge in [-0.2, -0.15) is 4.98 Å². The van der Waals surface area contributed by atoms with Crippen molar-refractivity contribution < 1.29 is 9.32 Å². The maximum atomic E-state index is 12.5. The summed E-state index contributed by atoms with van der Waals surface area (Å²) in [7, 11) is 2.13. The number of rotatable bonds is 2. The fourth-order valence-corrected chi connectivity index (χ4v) is 4.79. The summed E-state index contributed by atoms with van der Waals surface area (Å²) in [5, 5.41) is 5.89. The first-order valence-corrected chi connectivity index (χ1v) is 9.28. The second-order valence-electron chi connectivity index (χ2n) is 7.08. The largest absolute Gasteiger partial charge is 0.338 e. The normalized spacial score (nSPS) is 23.9. The number of nitrogens with zero attached hydrogens (tertiary/aromatic N) is 4. The number of aryl methyl sites for hydroxylation is 1. The predicted octanol–water partition coefficient (Wildman–Crippen LogP) is 2.74. The Morgan fingerprint density at radius 2 is 2.21 bits per heavy atom. The van der Waals surface area contributed by atoms with Crippen LogP contribution in [0.2, 0.25) is 0 Å². The second-order valence-corrected chi connectivity index (χ2v) is 8.03. The van der Waals surface area contributed by atoms with Gasteiger partial charge in [-0.25, -0.2) is 0 Å². The van der Waals surface area contributed by atoms with E-state index in [1.165, 1.54) is 11.3 Å². The van der Waals surface area contributed by atoms with Gasteiger partial charge in [0.1, 0.15) is 0 Å². The Labute approximate surface area is 145 Å². The first-order chi connectivity index (χ1) is 11.6. The van der Waals surface area contributed by atoms with Crippen molar-refractivity contribution in [3.63, 3.8) is 0 Å². The van der Waals surface area contributed by atoms with E-state index in [1.807, 2.05) is 29.3 Å². The van der Waals surface area contributed by atoms with E-state index in [9.17, 15) is 4.79 Å². The Morgan fingerprint density at radius 1 is 1.42 bits per heavy atom. The molecule has 2 aromatic heterocycles. The van der Waals surface area contributed by atoms with Crippen LogP contribution in [-0.4, -0.2) is 52.5 Å². The molecule has 24 heavy (non-hydrogen) atoms. The molecule has 2 fully saturated rings. The minimum absolute atomic E-state index is 0.176. The van der Waals surface area contributed by atoms with E-state index in [-0.39, 0.29) is 17.4 Å². The highest BCUT2D eigenvalue weighted by molar-refractivity contribution is 7.12. The molecule has 0 N–H and O–H groups in total. The lowest BCUT2D eigenvalue weighted by molar-refractivity contribution is 0.0597. The van der Waals surface area contributed by atoms with E-state index in [0.717, 1.165) is 49.7 Å². The van der Waals surface area contributed by atoms with E-state index in [2.05, 4.69) is 22.1 Å². The van der Waals surface area contributed by atoms with Crippen molar-refractivity contribution in [2.75, 3.05) is 26.7 Å². The van der Waals surface area contributed by atoms with Gasteiger partial charge >= 0.3 is 0 Å². The molecule has 4 rings (SSSR count). The molecule has 6 nitrogen and oxygen atoms in total. The molecular formula is C17H22N4O2S. The van der Waals surface area contributed by atoms with Crippen LogP contribution in [0.3, 0.4) is 0 Å². The molecule has 1 unspecified atom stereocenters. The number of carbonyl (C=O) groups is 1. The summed E-state index contributed by atoms with van der Waals surface area (Å²) in [4.78, 5) is 22.1. The molecule has 2 aliphatic heterocycles. The van der Waals surface area contributed by atoms with E-state index in [1.54, 1.807) is 0 Å². The van der Waals surface area contributed by atoms with Crippen molar-refractivity contribution in [3.05, 3.63) is 34.1 Å². The van der Waals surface area contributed by atoms with Gasteiger partial charge in [0.25, 0.3) is 5.91 Å². The lowest BCUT2D eigenvalue weighted by atomic mass is 9.76. The third kappa shape index (κ3) is 2.75. The topological polar surface area (TPSA) is 62.5 Å². The van der Waals surface area contributed by atoms with Gasteiger partial charge in [-0.3, -0.25) is 9.69 Å². The number of hydrogen-bond donors (Lipinski definition) is 0. The highest BCUT2D eigenvalue weighted by Gasteiger charge is 2.47. The smallest absolute Gasteiger partial charge is 0.263 e. The molecule has 0 bridgehead atoms. The van der Waals surface area contributed by atoms with Crippen LogP contribution in [0.4, 0.5) is 0 Å². The highest BCUT2D eigenvalue weighted by Crippen LogP contribution is 2.48. The lowest BCUT2D eigenvalue weighted by Gasteiger charge is -2.39. The number of aromatic nitrogens is 2. The summed E-state index contributed by atoms with van der Waals surface area (Å²) in [5.41, 5.74) is 0.258. The Hall–Kier alpha value is -1.73. The molecule has 2 aliphatic rings. The average Bonchev–Trinajstić information content (AvgIpc) is 3.29. The van der Waals surface area contributed by atoms with Crippen LogP contribution in [0.1, 0.15) is 46.7 Å². The quantitative estimate of drug-likeness (QED) is 0.837. The lowest BCUT2D eigenvalue weighted by Crippen LogP contribution is -2.43. The number of amides is 1. The summed E-state index contributed by atoms with van der Waals surface area (Å²) < 4.78 is 5.39. The third-order valence-electron chi connectivity index (χ3n) is 5.41. The Bertz CT molecular complexity index is 719. The minimum atomic E-state index is 0.176. The van der Waals surface area contributed by atoms with Gasteiger partial charge in [-0.1, -0.05) is 11.2 Å². The van der Waals surface area contributed by atoms with Gasteiger partial charge in [-0.15, -0.1) is 11.3 Å². The first-order valence-electron chi connectivity index (χ1n) is 8.40. The van der Waals surface area contributed by atoms with Crippen LogP contribution >= 0.6 is 11.3 Å². The molecule has 4 heterocycles. The molecule has 0 saturated carbocycles. The fraction of sp³-hybridized carbons (Fsp3) is 0.588. The molecule has 2 aromatic rings. The SMILES string of the molecule is Cc1noc(C2CC3(CCN(C(=O)c4cccs4)CC3)CN2C)n1. The molecule has 0 aromatic carbocycles. The van der Waals surface area contributed by atoms with Crippen LogP contribution < -0.4 is 0 Å². The van der Waals surface area contributed by atoms with E-state index in [4.69, 9.17) is 4.52 Å². The molecule has 7 heteroatoms. The molecule has 1 atom stereocenters. The highest BCUT2D eigenvalue weighted by atomic mass is 32.1.